The number of benzene rings is 2. The molecule has 2 heterocycles. The fraction of sp³-hybridized carbons (Fsp3) is 0.143. The van der Waals surface area contributed by atoms with Crippen molar-refractivity contribution in [3.63, 3.8) is 0 Å². The standard InChI is InChI=1S/C21H17NO4S/c1-25-21(24)17-10-15-18(27-17)11-22-20(23)14-8-5-9-16(19(14)15)26-12-13-6-3-2-4-7-13/h2-10H,11-12H2,1H3,(H,22,23). The molecule has 0 saturated heterocycles. The SMILES string of the molecule is COC(=O)c1cc2c(s1)CNC(=O)c1cccc(OCc3ccccc3)c1-2. The number of esters is 1. The van der Waals surface area contributed by atoms with Gasteiger partial charge in [0.15, 0.2) is 0 Å². The van der Waals surface area contributed by atoms with Gasteiger partial charge in [0.25, 0.3) is 5.91 Å². The number of carbonyl (C=O) groups is 2. The molecule has 0 spiro atoms. The molecule has 27 heavy (non-hydrogen) atoms. The van der Waals surface area contributed by atoms with Gasteiger partial charge in [0.05, 0.1) is 19.2 Å². The average molecular weight is 379 g/mol. The largest absolute Gasteiger partial charge is 0.488 e. The highest BCUT2D eigenvalue weighted by Gasteiger charge is 2.26. The quantitative estimate of drug-likeness (QED) is 0.696. The van der Waals surface area contributed by atoms with Crippen molar-refractivity contribution < 1.29 is 19.1 Å². The molecule has 136 valence electrons. The minimum atomic E-state index is -0.386. The number of rotatable bonds is 4. The Balaban J connectivity index is 1.78. The molecule has 0 saturated carbocycles. The van der Waals surface area contributed by atoms with Gasteiger partial charge in [0, 0.05) is 16.0 Å². The van der Waals surface area contributed by atoms with E-state index in [0.717, 1.165) is 16.0 Å². The third kappa shape index (κ3) is 3.31. The fourth-order valence-corrected chi connectivity index (χ4v) is 4.11. The number of fused-ring (bicyclic) bond motifs is 3. The van der Waals surface area contributed by atoms with Gasteiger partial charge < -0.3 is 14.8 Å². The first-order valence-corrected chi connectivity index (χ1v) is 9.28. The summed E-state index contributed by atoms with van der Waals surface area (Å²) in [6, 6.07) is 17.0. The van der Waals surface area contributed by atoms with Crippen LogP contribution >= 0.6 is 11.3 Å². The minimum Gasteiger partial charge on any atom is -0.488 e. The van der Waals surface area contributed by atoms with Crippen LogP contribution in [0, 0.1) is 0 Å². The van der Waals surface area contributed by atoms with Crippen molar-refractivity contribution >= 4 is 23.2 Å². The Bertz CT molecular complexity index is 1010. The molecule has 1 aromatic heterocycles. The molecule has 0 fully saturated rings. The zero-order valence-corrected chi connectivity index (χ0v) is 15.5. The van der Waals surface area contributed by atoms with E-state index in [9.17, 15) is 9.59 Å². The molecule has 1 aliphatic heterocycles. The normalized spacial score (nSPS) is 12.4. The van der Waals surface area contributed by atoms with Crippen molar-refractivity contribution in [3.05, 3.63) is 75.5 Å². The number of nitrogens with one attached hydrogen (secondary N) is 1. The lowest BCUT2D eigenvalue weighted by molar-refractivity contribution is 0.0606. The number of thiophene rings is 1. The van der Waals surface area contributed by atoms with Crippen LogP contribution in [0.15, 0.2) is 54.6 Å². The Kier molecular flexibility index (Phi) is 4.64. The van der Waals surface area contributed by atoms with Crippen molar-refractivity contribution in [1.29, 1.82) is 0 Å². The predicted molar refractivity (Wildman–Crippen MR) is 103 cm³/mol. The molecule has 4 rings (SSSR count). The maximum Gasteiger partial charge on any atom is 0.348 e. The second-order valence-corrected chi connectivity index (χ2v) is 7.21. The highest BCUT2D eigenvalue weighted by Crippen LogP contribution is 2.41. The van der Waals surface area contributed by atoms with Crippen LogP contribution in [0.3, 0.4) is 0 Å². The van der Waals surface area contributed by atoms with Crippen LogP contribution in [0.25, 0.3) is 11.1 Å². The van der Waals surface area contributed by atoms with Gasteiger partial charge >= 0.3 is 5.97 Å². The first-order chi connectivity index (χ1) is 13.2. The second-order valence-electron chi connectivity index (χ2n) is 6.07. The zero-order chi connectivity index (χ0) is 18.8. The maximum atomic E-state index is 12.5. The van der Waals surface area contributed by atoms with Crippen LogP contribution in [-0.2, 0) is 17.9 Å². The molecule has 1 aliphatic rings. The highest BCUT2D eigenvalue weighted by molar-refractivity contribution is 7.14. The number of methoxy groups -OCH3 is 1. The molecular weight excluding hydrogens is 362 g/mol. The van der Waals surface area contributed by atoms with E-state index in [-0.39, 0.29) is 11.9 Å². The van der Waals surface area contributed by atoms with Crippen LogP contribution in [0.5, 0.6) is 5.75 Å². The number of amides is 1. The Labute approximate surface area is 160 Å². The molecule has 6 heteroatoms. The summed E-state index contributed by atoms with van der Waals surface area (Å²) in [4.78, 5) is 25.9. The molecule has 0 radical (unpaired) electrons. The van der Waals surface area contributed by atoms with Crippen LogP contribution in [-0.4, -0.2) is 19.0 Å². The predicted octanol–water partition coefficient (Wildman–Crippen LogP) is 4.02. The lowest BCUT2D eigenvalue weighted by Gasteiger charge is -2.13. The summed E-state index contributed by atoms with van der Waals surface area (Å²) in [6.45, 7) is 0.755. The maximum absolute atomic E-state index is 12.5. The van der Waals surface area contributed by atoms with Crippen LogP contribution < -0.4 is 10.1 Å². The van der Waals surface area contributed by atoms with Gasteiger partial charge in [-0.15, -0.1) is 11.3 Å². The van der Waals surface area contributed by atoms with Gasteiger partial charge in [-0.25, -0.2) is 4.79 Å². The van der Waals surface area contributed by atoms with Gasteiger partial charge in [0.1, 0.15) is 17.2 Å². The summed E-state index contributed by atoms with van der Waals surface area (Å²) in [6.07, 6.45) is 0. The fourth-order valence-electron chi connectivity index (χ4n) is 3.08. The van der Waals surface area contributed by atoms with E-state index in [1.165, 1.54) is 18.4 Å². The molecule has 1 N–H and O–H groups in total. The van der Waals surface area contributed by atoms with Crippen molar-refractivity contribution in [2.24, 2.45) is 0 Å². The van der Waals surface area contributed by atoms with Gasteiger partial charge in [-0.3, -0.25) is 4.79 Å². The first-order valence-electron chi connectivity index (χ1n) is 8.46. The minimum absolute atomic E-state index is 0.154. The molecule has 0 aliphatic carbocycles. The van der Waals surface area contributed by atoms with Gasteiger partial charge in [-0.1, -0.05) is 36.4 Å². The monoisotopic (exact) mass is 379 g/mol. The summed E-state index contributed by atoms with van der Waals surface area (Å²) < 4.78 is 10.9. The van der Waals surface area contributed by atoms with Crippen LogP contribution in [0.4, 0.5) is 0 Å². The van der Waals surface area contributed by atoms with Gasteiger partial charge in [0.2, 0.25) is 0 Å². The van der Waals surface area contributed by atoms with E-state index in [0.29, 0.717) is 34.9 Å². The molecule has 2 aromatic carbocycles. The van der Waals surface area contributed by atoms with Crippen molar-refractivity contribution in [2.75, 3.05) is 7.11 Å². The molecule has 0 bridgehead atoms. The van der Waals surface area contributed by atoms with E-state index in [1.54, 1.807) is 18.2 Å². The second kappa shape index (κ2) is 7.25. The van der Waals surface area contributed by atoms with E-state index in [1.807, 2.05) is 36.4 Å². The average Bonchev–Trinajstić information content (AvgIpc) is 3.08. The first kappa shape index (κ1) is 17.3. The Morgan fingerprint density at radius 2 is 1.93 bits per heavy atom. The van der Waals surface area contributed by atoms with Crippen LogP contribution in [0.1, 0.15) is 30.5 Å². The van der Waals surface area contributed by atoms with E-state index in [2.05, 4.69) is 5.32 Å². The molecule has 0 atom stereocenters. The van der Waals surface area contributed by atoms with Crippen molar-refractivity contribution in [3.8, 4) is 16.9 Å². The van der Waals surface area contributed by atoms with Crippen LogP contribution in [0.2, 0.25) is 0 Å². The van der Waals surface area contributed by atoms with Gasteiger partial charge in [-0.2, -0.15) is 0 Å². The Morgan fingerprint density at radius 3 is 2.70 bits per heavy atom. The van der Waals surface area contributed by atoms with Crippen molar-refractivity contribution in [2.45, 2.75) is 13.2 Å². The molecular formula is C21H17NO4S. The molecule has 0 unspecified atom stereocenters. The number of hydrogen-bond donors (Lipinski definition) is 1. The summed E-state index contributed by atoms with van der Waals surface area (Å²) in [7, 11) is 1.36. The summed E-state index contributed by atoms with van der Waals surface area (Å²) in [5.74, 6) is 0.0747. The summed E-state index contributed by atoms with van der Waals surface area (Å²) in [5.41, 5.74) is 3.12. The highest BCUT2D eigenvalue weighted by atomic mass is 32.1. The zero-order valence-electron chi connectivity index (χ0n) is 14.7. The topological polar surface area (TPSA) is 64.6 Å². The number of carbonyl (C=O) groups excluding carboxylic acids is 2. The summed E-state index contributed by atoms with van der Waals surface area (Å²) in [5, 5.41) is 2.89. The number of ether oxygens (including phenoxy) is 2. The van der Waals surface area contributed by atoms with E-state index >= 15 is 0 Å². The third-order valence-electron chi connectivity index (χ3n) is 4.38. The van der Waals surface area contributed by atoms with E-state index in [4.69, 9.17) is 9.47 Å². The molecule has 5 nitrogen and oxygen atoms in total. The summed E-state index contributed by atoms with van der Waals surface area (Å²) >= 11 is 1.33. The number of hydrogen-bond acceptors (Lipinski definition) is 5. The smallest absolute Gasteiger partial charge is 0.348 e. The lowest BCUT2D eigenvalue weighted by atomic mass is 9.99. The Morgan fingerprint density at radius 1 is 1.11 bits per heavy atom. The van der Waals surface area contributed by atoms with E-state index < -0.39 is 0 Å². The third-order valence-corrected chi connectivity index (χ3v) is 5.50. The molecule has 3 aromatic rings. The van der Waals surface area contributed by atoms with Crippen molar-refractivity contribution in [1.82, 2.24) is 5.32 Å². The molecule has 1 amide bonds. The lowest BCUT2D eigenvalue weighted by Crippen LogP contribution is -2.21. The van der Waals surface area contributed by atoms with Gasteiger partial charge in [-0.05, 0) is 23.8 Å². The Hall–Kier alpha value is -3.12.